The van der Waals surface area contributed by atoms with E-state index in [0.29, 0.717) is 5.92 Å². The second kappa shape index (κ2) is 2.51. The molecule has 1 N–H and O–H groups in total. The minimum atomic E-state index is -2.95. The predicted octanol–water partition coefficient (Wildman–Crippen LogP) is 0.334. The normalized spacial score (nSPS) is 32.2. The van der Waals surface area contributed by atoms with Crippen molar-refractivity contribution in [3.63, 3.8) is 0 Å². The van der Waals surface area contributed by atoms with Crippen molar-refractivity contribution >= 4 is 10.0 Å². The van der Waals surface area contributed by atoms with Gasteiger partial charge in [0.15, 0.2) is 0 Å². The molecule has 0 aromatic carbocycles. The van der Waals surface area contributed by atoms with Gasteiger partial charge < -0.3 is 0 Å². The lowest BCUT2D eigenvalue weighted by atomic mass is 10.3. The summed E-state index contributed by atoms with van der Waals surface area (Å²) in [5.41, 5.74) is 0. The molecule has 0 heterocycles. The van der Waals surface area contributed by atoms with Gasteiger partial charge in [-0.05, 0) is 12.3 Å². The molecule has 0 aromatic heterocycles. The van der Waals surface area contributed by atoms with Crippen LogP contribution in [0.5, 0.6) is 0 Å². The van der Waals surface area contributed by atoms with Gasteiger partial charge in [0.05, 0.1) is 6.26 Å². The maximum absolute atomic E-state index is 10.6. The molecule has 0 amide bonds. The summed E-state index contributed by atoms with van der Waals surface area (Å²) in [6, 6.07) is 0.236. The van der Waals surface area contributed by atoms with E-state index >= 15 is 0 Å². The van der Waals surface area contributed by atoms with E-state index in [1.165, 1.54) is 6.26 Å². The standard InChI is InChI=1S/C6H13NO2S/c1-3-5-4-6(5)7-10(2,8)9/h5-7H,3-4H2,1-2H3/t5-,6-/m1/s1. The first kappa shape index (κ1) is 8.01. The summed E-state index contributed by atoms with van der Waals surface area (Å²) in [6.45, 7) is 2.08. The molecule has 1 fully saturated rings. The first-order valence-corrected chi connectivity index (χ1v) is 5.39. The molecule has 0 radical (unpaired) electrons. The largest absolute Gasteiger partial charge is 0.213 e. The molecule has 3 nitrogen and oxygen atoms in total. The van der Waals surface area contributed by atoms with Gasteiger partial charge in [-0.25, -0.2) is 13.1 Å². The lowest BCUT2D eigenvalue weighted by Gasteiger charge is -1.97. The van der Waals surface area contributed by atoms with E-state index in [4.69, 9.17) is 0 Å². The fourth-order valence-electron chi connectivity index (χ4n) is 1.12. The molecule has 60 valence electrons. The average molecular weight is 163 g/mol. The van der Waals surface area contributed by atoms with Gasteiger partial charge >= 0.3 is 0 Å². The molecule has 1 saturated carbocycles. The number of hydrogen-bond donors (Lipinski definition) is 1. The van der Waals surface area contributed by atoms with Crippen LogP contribution < -0.4 is 4.72 Å². The molecule has 10 heavy (non-hydrogen) atoms. The molecule has 0 bridgehead atoms. The smallest absolute Gasteiger partial charge is 0.208 e. The van der Waals surface area contributed by atoms with Crippen molar-refractivity contribution in [3.05, 3.63) is 0 Å². The van der Waals surface area contributed by atoms with Crippen molar-refractivity contribution in [2.24, 2.45) is 5.92 Å². The van der Waals surface area contributed by atoms with Crippen molar-refractivity contribution < 1.29 is 8.42 Å². The highest BCUT2D eigenvalue weighted by molar-refractivity contribution is 7.88. The average Bonchev–Trinajstić information content (AvgIpc) is 2.42. The van der Waals surface area contributed by atoms with Crippen molar-refractivity contribution in [2.45, 2.75) is 25.8 Å². The van der Waals surface area contributed by atoms with Gasteiger partial charge in [-0.3, -0.25) is 0 Å². The van der Waals surface area contributed by atoms with Crippen LogP contribution in [0.25, 0.3) is 0 Å². The van der Waals surface area contributed by atoms with Crippen LogP contribution >= 0.6 is 0 Å². The number of sulfonamides is 1. The minimum absolute atomic E-state index is 0.236. The predicted molar refractivity (Wildman–Crippen MR) is 40.2 cm³/mol. The second-order valence-corrected chi connectivity index (χ2v) is 4.68. The van der Waals surface area contributed by atoms with Crippen molar-refractivity contribution in [1.82, 2.24) is 4.72 Å². The Balaban J connectivity index is 2.31. The summed E-state index contributed by atoms with van der Waals surface area (Å²) in [6.07, 6.45) is 3.30. The lowest BCUT2D eigenvalue weighted by Crippen LogP contribution is -2.25. The van der Waals surface area contributed by atoms with Gasteiger partial charge in [0.25, 0.3) is 0 Å². The second-order valence-electron chi connectivity index (χ2n) is 2.90. The maximum atomic E-state index is 10.6. The van der Waals surface area contributed by atoms with E-state index in [2.05, 4.69) is 11.6 Å². The Labute approximate surface area is 61.9 Å². The van der Waals surface area contributed by atoms with Gasteiger partial charge in [-0.2, -0.15) is 0 Å². The van der Waals surface area contributed by atoms with E-state index in [9.17, 15) is 8.42 Å². The molecular formula is C6H13NO2S. The zero-order valence-corrected chi connectivity index (χ0v) is 7.11. The molecule has 4 heteroatoms. The quantitative estimate of drug-likeness (QED) is 0.652. The highest BCUT2D eigenvalue weighted by atomic mass is 32.2. The van der Waals surface area contributed by atoms with Gasteiger partial charge in [0.2, 0.25) is 10.0 Å². The Morgan fingerprint density at radius 1 is 1.60 bits per heavy atom. The Morgan fingerprint density at radius 2 is 2.20 bits per heavy atom. The third kappa shape index (κ3) is 2.27. The minimum Gasteiger partial charge on any atom is -0.213 e. The van der Waals surface area contributed by atoms with Gasteiger partial charge in [0, 0.05) is 6.04 Å². The molecule has 1 aliphatic carbocycles. The van der Waals surface area contributed by atoms with Gasteiger partial charge in [-0.15, -0.1) is 0 Å². The highest BCUT2D eigenvalue weighted by Crippen LogP contribution is 2.33. The third-order valence-corrected chi connectivity index (χ3v) is 2.54. The van der Waals surface area contributed by atoms with E-state index in [0.717, 1.165) is 12.8 Å². The lowest BCUT2D eigenvalue weighted by molar-refractivity contribution is 0.582. The first-order valence-electron chi connectivity index (χ1n) is 3.50. The highest BCUT2D eigenvalue weighted by Gasteiger charge is 2.36. The van der Waals surface area contributed by atoms with E-state index in [1.54, 1.807) is 0 Å². The zero-order valence-electron chi connectivity index (χ0n) is 6.29. The molecule has 0 aromatic rings. The zero-order chi connectivity index (χ0) is 7.78. The molecule has 0 aliphatic heterocycles. The van der Waals surface area contributed by atoms with Crippen molar-refractivity contribution in [2.75, 3.05) is 6.26 Å². The molecule has 1 aliphatic rings. The van der Waals surface area contributed by atoms with Crippen LogP contribution in [0.4, 0.5) is 0 Å². The topological polar surface area (TPSA) is 46.2 Å². The van der Waals surface area contributed by atoms with E-state index < -0.39 is 10.0 Å². The molecule has 2 atom stereocenters. The van der Waals surface area contributed by atoms with Crippen LogP contribution in [0.1, 0.15) is 19.8 Å². The molecular weight excluding hydrogens is 150 g/mol. The summed E-state index contributed by atoms with van der Waals surface area (Å²) in [5, 5.41) is 0. The number of nitrogens with one attached hydrogen (secondary N) is 1. The summed E-state index contributed by atoms with van der Waals surface area (Å²) in [4.78, 5) is 0. The Hall–Kier alpha value is -0.0900. The number of hydrogen-bond acceptors (Lipinski definition) is 2. The summed E-state index contributed by atoms with van der Waals surface area (Å²) in [7, 11) is -2.95. The van der Waals surface area contributed by atoms with Crippen LogP contribution in [-0.4, -0.2) is 20.7 Å². The Bertz CT molecular complexity index is 210. The molecule has 0 unspecified atom stereocenters. The Kier molecular flexibility index (Phi) is 2.01. The monoisotopic (exact) mass is 163 g/mol. The fourth-order valence-corrected chi connectivity index (χ4v) is 1.96. The fraction of sp³-hybridized carbons (Fsp3) is 1.00. The SMILES string of the molecule is CC[C@@H]1C[C@H]1NS(C)(=O)=O. The van der Waals surface area contributed by atoms with Crippen LogP contribution in [0.2, 0.25) is 0 Å². The first-order chi connectivity index (χ1) is 4.53. The summed E-state index contributed by atoms with van der Waals surface area (Å²) in [5.74, 6) is 0.592. The van der Waals surface area contributed by atoms with E-state index in [-0.39, 0.29) is 6.04 Å². The summed E-state index contributed by atoms with van der Waals surface area (Å²) >= 11 is 0. The van der Waals surface area contributed by atoms with Crippen LogP contribution in [0, 0.1) is 5.92 Å². The van der Waals surface area contributed by atoms with Gasteiger partial charge in [-0.1, -0.05) is 13.3 Å². The Morgan fingerprint density at radius 3 is 2.50 bits per heavy atom. The number of rotatable bonds is 3. The van der Waals surface area contributed by atoms with Crippen LogP contribution in [0.15, 0.2) is 0 Å². The molecule has 1 rings (SSSR count). The van der Waals surface area contributed by atoms with Crippen molar-refractivity contribution in [1.29, 1.82) is 0 Å². The van der Waals surface area contributed by atoms with Crippen LogP contribution in [0.3, 0.4) is 0 Å². The van der Waals surface area contributed by atoms with Crippen molar-refractivity contribution in [3.8, 4) is 0 Å². The molecule has 0 spiro atoms. The van der Waals surface area contributed by atoms with Crippen LogP contribution in [-0.2, 0) is 10.0 Å². The third-order valence-electron chi connectivity index (χ3n) is 1.81. The molecule has 0 saturated heterocycles. The van der Waals surface area contributed by atoms with Gasteiger partial charge in [0.1, 0.15) is 0 Å². The van der Waals surface area contributed by atoms with E-state index in [1.807, 2.05) is 0 Å². The maximum Gasteiger partial charge on any atom is 0.208 e. The summed E-state index contributed by atoms with van der Waals surface area (Å²) < 4.78 is 23.8.